The fourth-order valence-electron chi connectivity index (χ4n) is 4.83. The van der Waals surface area contributed by atoms with E-state index in [0.717, 1.165) is 32.1 Å². The van der Waals surface area contributed by atoms with Crippen molar-refractivity contribution in [3.8, 4) is 0 Å². The fraction of sp³-hybridized carbons (Fsp3) is 0.960. The Kier molecular flexibility index (Phi) is 21.3. The quantitative estimate of drug-likeness (QED) is 0.230. The Morgan fingerprint density at radius 2 is 1.14 bits per heavy atom. The number of aliphatic hydroxyl groups is 1. The molecule has 0 spiro atoms. The summed E-state index contributed by atoms with van der Waals surface area (Å²) >= 11 is 0. The number of carboxylic acid groups (broad SMARTS) is 1. The van der Waals surface area contributed by atoms with Crippen molar-refractivity contribution < 1.29 is 59.8 Å². The minimum absolute atomic E-state index is 0. The Morgan fingerprint density at radius 1 is 0.838 bits per heavy atom. The molecule has 1 atom stereocenters. The van der Waals surface area contributed by atoms with Crippen LogP contribution < -0.4 is 26.4 Å². The van der Waals surface area contributed by atoms with Gasteiger partial charge in [0.15, 0.2) is 0 Å². The Hall–Kier alpha value is 0.108. The molecular formula is C25H52N3O7PPt. The number of aliphatic carboxylic acids is 1. The third kappa shape index (κ3) is 22.6. The van der Waals surface area contributed by atoms with Gasteiger partial charge in [-0.1, -0.05) is 57.8 Å². The van der Waals surface area contributed by atoms with Crippen LogP contribution >= 0.6 is 7.82 Å². The first-order valence-electron chi connectivity index (χ1n) is 13.5. The molecule has 0 amide bonds. The number of rotatable bonds is 5. The van der Waals surface area contributed by atoms with Crippen molar-refractivity contribution in [1.82, 2.24) is 0 Å². The van der Waals surface area contributed by atoms with E-state index >= 15 is 0 Å². The van der Waals surface area contributed by atoms with Crippen LogP contribution in [0, 0.1) is 5.92 Å². The Bertz CT molecular complexity index is 606. The summed E-state index contributed by atoms with van der Waals surface area (Å²) < 4.78 is 9.31. The van der Waals surface area contributed by atoms with Crippen LogP contribution in [0.15, 0.2) is 0 Å². The second kappa shape index (κ2) is 20.1. The monoisotopic (exact) mass is 732 g/mol. The van der Waals surface area contributed by atoms with E-state index in [-0.39, 0.29) is 33.4 Å². The molecular weight excluding hydrogens is 680 g/mol. The maximum absolute atomic E-state index is 11.3. The molecule has 0 aromatic carbocycles. The summed E-state index contributed by atoms with van der Waals surface area (Å²) in [5, 5.41) is 21.7. The summed E-state index contributed by atoms with van der Waals surface area (Å²) in [7, 11) is 0.851. The van der Waals surface area contributed by atoms with Gasteiger partial charge in [0.1, 0.15) is 5.60 Å². The average Bonchev–Trinajstić information content (AvgIpc) is 2.78. The molecule has 12 heteroatoms. The molecule has 0 aromatic rings. The number of quaternary nitrogens is 1. The molecule has 0 saturated heterocycles. The second-order valence-electron chi connectivity index (χ2n) is 11.6. The Labute approximate surface area is 238 Å². The molecule has 0 bridgehead atoms. The molecule has 224 valence electrons. The van der Waals surface area contributed by atoms with Crippen LogP contribution in [0.25, 0.3) is 0 Å². The van der Waals surface area contributed by atoms with Gasteiger partial charge in [-0.3, -0.25) is 0 Å². The number of hydrogen-bond donors (Lipinski definition) is 4. The largest absolute Gasteiger partial charge is 2.00 e. The molecule has 0 heterocycles. The van der Waals surface area contributed by atoms with Crippen LogP contribution in [0.4, 0.5) is 0 Å². The second-order valence-corrected chi connectivity index (χ2v) is 12.5. The molecule has 37 heavy (non-hydrogen) atoms. The molecule has 3 saturated carbocycles. The molecule has 0 aromatic heterocycles. The van der Waals surface area contributed by atoms with Gasteiger partial charge in [-0.15, -0.1) is 0 Å². The van der Waals surface area contributed by atoms with Crippen molar-refractivity contribution in [2.24, 2.45) is 17.4 Å². The summed E-state index contributed by atoms with van der Waals surface area (Å²) in [6.07, 6.45) is 18.4. The third-order valence-electron chi connectivity index (χ3n) is 7.10. The molecule has 3 rings (SSSR count). The SMILES string of the molecule is C[N+](C)(C)CCC(O)(C(=O)[O-])C1CCCCC1.NC1CCCCC1.NC1CCCCC1.O=P([O-])([O-])O.[Pt+2]. The zero-order chi connectivity index (χ0) is 27.8. The van der Waals surface area contributed by atoms with Gasteiger partial charge in [0.25, 0.3) is 0 Å². The summed E-state index contributed by atoms with van der Waals surface area (Å²) in [6, 6.07) is 1.07. The summed E-state index contributed by atoms with van der Waals surface area (Å²) in [5.74, 6) is -1.43. The molecule has 0 radical (unpaired) electrons. The van der Waals surface area contributed by atoms with Crippen molar-refractivity contribution in [2.75, 3.05) is 27.7 Å². The average molecular weight is 733 g/mol. The number of hydrogen-bond acceptors (Lipinski definition) is 8. The standard InChI is InChI=1S/C13H25NO3.2C6H13N.H3O4P.Pt/c1-14(2,3)10-9-13(17,12(15)16)11-7-5-4-6-8-11;2*7-6-4-2-1-3-5-6;1-5(2,3)4;/h11,17H,4-10H2,1-3H3;2*6H,1-5,7H2;(H3,1,2,3,4);/q;;;;+2/p-2. The van der Waals surface area contributed by atoms with Crippen LogP contribution in [0.1, 0.15) is 103 Å². The summed E-state index contributed by atoms with van der Waals surface area (Å²) in [6.45, 7) is 0.640. The van der Waals surface area contributed by atoms with Crippen LogP contribution in [-0.4, -0.2) is 65.8 Å². The number of carbonyl (C=O) groups is 1. The third-order valence-corrected chi connectivity index (χ3v) is 7.10. The molecule has 3 fully saturated rings. The molecule has 10 nitrogen and oxygen atoms in total. The number of carboxylic acids is 1. The topological polar surface area (TPSA) is 196 Å². The fourth-order valence-corrected chi connectivity index (χ4v) is 4.83. The zero-order valence-electron chi connectivity index (χ0n) is 23.1. The maximum atomic E-state index is 11.3. The van der Waals surface area contributed by atoms with Crippen LogP contribution in [0.3, 0.4) is 0 Å². The number of nitrogens with zero attached hydrogens (tertiary/aromatic N) is 1. The maximum Gasteiger partial charge on any atom is 2.00 e. The van der Waals surface area contributed by atoms with Gasteiger partial charge in [0.05, 0.1) is 41.5 Å². The van der Waals surface area contributed by atoms with Gasteiger partial charge in [-0.2, -0.15) is 0 Å². The van der Waals surface area contributed by atoms with E-state index in [1.54, 1.807) is 0 Å². The van der Waals surface area contributed by atoms with Gasteiger partial charge < -0.3 is 50.2 Å². The van der Waals surface area contributed by atoms with Crippen molar-refractivity contribution in [3.63, 3.8) is 0 Å². The van der Waals surface area contributed by atoms with Crippen LogP contribution in [0.5, 0.6) is 0 Å². The molecule has 1 unspecified atom stereocenters. The van der Waals surface area contributed by atoms with Crippen molar-refractivity contribution in [3.05, 3.63) is 0 Å². The van der Waals surface area contributed by atoms with E-state index in [4.69, 9.17) is 30.7 Å². The molecule has 3 aliphatic carbocycles. The first-order chi connectivity index (χ1) is 16.5. The molecule has 6 N–H and O–H groups in total. The van der Waals surface area contributed by atoms with Gasteiger partial charge in [0, 0.05) is 18.5 Å². The summed E-state index contributed by atoms with van der Waals surface area (Å²) in [5.41, 5.74) is 9.64. The van der Waals surface area contributed by atoms with Crippen molar-refractivity contribution in [1.29, 1.82) is 0 Å². The van der Waals surface area contributed by atoms with Crippen LogP contribution in [-0.2, 0) is 30.4 Å². The summed E-state index contributed by atoms with van der Waals surface area (Å²) in [4.78, 5) is 35.6. The van der Waals surface area contributed by atoms with E-state index < -0.39 is 19.4 Å². The predicted octanol–water partition coefficient (Wildman–Crippen LogP) is 0.505. The van der Waals surface area contributed by atoms with Gasteiger partial charge in [0.2, 0.25) is 0 Å². The van der Waals surface area contributed by atoms with Gasteiger partial charge >= 0.3 is 21.1 Å². The predicted molar refractivity (Wildman–Crippen MR) is 136 cm³/mol. The van der Waals surface area contributed by atoms with Crippen molar-refractivity contribution in [2.45, 2.75) is 120 Å². The first-order valence-corrected chi connectivity index (χ1v) is 15.0. The van der Waals surface area contributed by atoms with E-state index in [1.165, 1.54) is 64.2 Å². The van der Waals surface area contributed by atoms with E-state index in [1.807, 2.05) is 21.1 Å². The van der Waals surface area contributed by atoms with Crippen LogP contribution in [0.2, 0.25) is 0 Å². The van der Waals surface area contributed by atoms with E-state index in [2.05, 4.69) is 0 Å². The number of phosphoric acid groups is 1. The first kappa shape index (κ1) is 39.3. The van der Waals surface area contributed by atoms with Gasteiger partial charge in [-0.25, -0.2) is 0 Å². The van der Waals surface area contributed by atoms with E-state index in [0.29, 0.717) is 23.1 Å². The van der Waals surface area contributed by atoms with Crippen molar-refractivity contribution >= 4 is 13.8 Å². The number of carbonyl (C=O) groups excluding carboxylic acids is 1. The molecule has 0 aliphatic heterocycles. The molecule has 3 aliphatic rings. The Morgan fingerprint density at radius 3 is 1.35 bits per heavy atom. The van der Waals surface area contributed by atoms with Gasteiger partial charge in [-0.05, 0) is 44.4 Å². The minimum atomic E-state index is -5.14. The zero-order valence-corrected chi connectivity index (χ0v) is 26.2. The normalized spacial score (nSPS) is 21.3. The van der Waals surface area contributed by atoms with E-state index in [9.17, 15) is 15.0 Å². The smallest absolute Gasteiger partial charge is 0.790 e. The Balaban J connectivity index is 0. The number of nitrogens with two attached hydrogens (primary N) is 2. The minimum Gasteiger partial charge on any atom is -0.790 e.